The Labute approximate surface area is 105 Å². The Morgan fingerprint density at radius 2 is 2.00 bits per heavy atom. The van der Waals surface area contributed by atoms with Gasteiger partial charge in [-0.05, 0) is 30.6 Å². The van der Waals surface area contributed by atoms with Crippen LogP contribution in [0.5, 0.6) is 0 Å². The van der Waals surface area contributed by atoms with E-state index in [-0.39, 0.29) is 18.5 Å². The van der Waals surface area contributed by atoms with E-state index >= 15 is 0 Å². The van der Waals surface area contributed by atoms with Gasteiger partial charge in [-0.2, -0.15) is 0 Å². The lowest BCUT2D eigenvalue weighted by Crippen LogP contribution is -2.35. The molecule has 0 aromatic rings. The Kier molecular flexibility index (Phi) is 5.41. The van der Waals surface area contributed by atoms with E-state index in [2.05, 4.69) is 20.8 Å². The summed E-state index contributed by atoms with van der Waals surface area (Å²) in [6, 6.07) is 0. The Morgan fingerprint density at radius 1 is 1.35 bits per heavy atom. The van der Waals surface area contributed by atoms with Crippen LogP contribution < -0.4 is 5.14 Å². The first-order valence-corrected chi connectivity index (χ1v) is 8.13. The first-order chi connectivity index (χ1) is 7.79. The van der Waals surface area contributed by atoms with Crippen LogP contribution in [-0.4, -0.2) is 26.9 Å². The van der Waals surface area contributed by atoms with E-state index in [1.54, 1.807) is 0 Å². The summed E-state index contributed by atoms with van der Waals surface area (Å²) in [6.07, 6.45) is 3.66. The minimum absolute atomic E-state index is 0.0807. The van der Waals surface area contributed by atoms with Gasteiger partial charge in [0.1, 0.15) is 0 Å². The van der Waals surface area contributed by atoms with E-state index in [0.717, 1.165) is 6.42 Å². The van der Waals surface area contributed by atoms with Crippen molar-refractivity contribution in [1.29, 1.82) is 0 Å². The molecule has 17 heavy (non-hydrogen) atoms. The molecule has 1 saturated carbocycles. The van der Waals surface area contributed by atoms with Crippen LogP contribution >= 0.6 is 0 Å². The van der Waals surface area contributed by atoms with Crippen LogP contribution in [0.2, 0.25) is 0 Å². The van der Waals surface area contributed by atoms with Crippen molar-refractivity contribution in [2.45, 2.75) is 46.1 Å². The predicted octanol–water partition coefficient (Wildman–Crippen LogP) is 1.75. The van der Waals surface area contributed by atoms with Gasteiger partial charge in [-0.3, -0.25) is 0 Å². The van der Waals surface area contributed by atoms with Crippen molar-refractivity contribution in [3.05, 3.63) is 0 Å². The first-order valence-electron chi connectivity index (χ1n) is 6.41. The summed E-state index contributed by atoms with van der Waals surface area (Å²) in [7, 11) is -3.40. The number of rotatable bonds is 5. The van der Waals surface area contributed by atoms with Gasteiger partial charge < -0.3 is 4.74 Å². The number of sulfonamides is 1. The van der Waals surface area contributed by atoms with Crippen molar-refractivity contribution in [2.24, 2.45) is 22.9 Å². The van der Waals surface area contributed by atoms with E-state index < -0.39 is 10.0 Å². The molecule has 0 spiro atoms. The van der Waals surface area contributed by atoms with Gasteiger partial charge in [0.25, 0.3) is 0 Å². The zero-order valence-corrected chi connectivity index (χ0v) is 11.9. The number of ether oxygens (including phenoxy) is 1. The maximum absolute atomic E-state index is 10.9. The highest BCUT2D eigenvalue weighted by Gasteiger charge is 2.31. The van der Waals surface area contributed by atoms with Gasteiger partial charge in [0.05, 0.1) is 18.5 Å². The van der Waals surface area contributed by atoms with Crippen molar-refractivity contribution in [3.63, 3.8) is 0 Å². The third-order valence-corrected chi connectivity index (χ3v) is 4.40. The van der Waals surface area contributed by atoms with Crippen molar-refractivity contribution in [2.75, 3.05) is 12.4 Å². The lowest BCUT2D eigenvalue weighted by atomic mass is 9.75. The molecule has 0 bridgehead atoms. The number of hydrogen-bond acceptors (Lipinski definition) is 3. The highest BCUT2D eigenvalue weighted by Crippen LogP contribution is 2.35. The molecule has 5 heteroatoms. The predicted molar refractivity (Wildman–Crippen MR) is 69.1 cm³/mol. The molecule has 4 nitrogen and oxygen atoms in total. The normalized spacial score (nSPS) is 30.8. The van der Waals surface area contributed by atoms with E-state index in [1.807, 2.05) is 0 Å². The molecule has 1 fully saturated rings. The smallest absolute Gasteiger partial charge is 0.211 e. The fourth-order valence-electron chi connectivity index (χ4n) is 2.62. The van der Waals surface area contributed by atoms with Crippen LogP contribution in [0, 0.1) is 17.8 Å². The SMILES string of the molecule is CC1CCC(C(C)C)C(OCCS(N)(=O)=O)C1. The average molecular weight is 263 g/mol. The molecule has 0 aliphatic heterocycles. The van der Waals surface area contributed by atoms with E-state index in [4.69, 9.17) is 9.88 Å². The maximum Gasteiger partial charge on any atom is 0.211 e. The van der Waals surface area contributed by atoms with Crippen LogP contribution in [0.25, 0.3) is 0 Å². The molecule has 3 unspecified atom stereocenters. The van der Waals surface area contributed by atoms with Gasteiger partial charge in [-0.1, -0.05) is 27.2 Å². The summed E-state index contributed by atoms with van der Waals surface area (Å²) >= 11 is 0. The maximum atomic E-state index is 10.9. The van der Waals surface area contributed by atoms with Crippen LogP contribution in [0.3, 0.4) is 0 Å². The lowest BCUT2D eigenvalue weighted by Gasteiger charge is -2.37. The summed E-state index contributed by atoms with van der Waals surface area (Å²) in [6.45, 7) is 6.86. The Balaban J connectivity index is 2.47. The summed E-state index contributed by atoms with van der Waals surface area (Å²) in [5.41, 5.74) is 0. The minimum atomic E-state index is -3.40. The molecule has 0 radical (unpaired) electrons. The zero-order valence-electron chi connectivity index (χ0n) is 11.1. The van der Waals surface area contributed by atoms with Gasteiger partial charge in [0.2, 0.25) is 10.0 Å². The van der Waals surface area contributed by atoms with E-state index in [1.165, 1.54) is 12.8 Å². The van der Waals surface area contributed by atoms with Gasteiger partial charge in [0.15, 0.2) is 0 Å². The monoisotopic (exact) mass is 263 g/mol. The second-order valence-corrected chi connectivity index (χ2v) is 7.34. The standard InChI is InChI=1S/C12H25NO3S/c1-9(2)11-5-4-10(3)8-12(11)16-6-7-17(13,14)15/h9-12H,4-8H2,1-3H3,(H2,13,14,15). The average Bonchev–Trinajstić information content (AvgIpc) is 2.15. The Hall–Kier alpha value is -0.130. The number of hydrogen-bond donors (Lipinski definition) is 1. The third-order valence-electron chi connectivity index (χ3n) is 3.66. The number of nitrogens with two attached hydrogens (primary N) is 1. The zero-order chi connectivity index (χ0) is 13.1. The van der Waals surface area contributed by atoms with Crippen LogP contribution in [0.1, 0.15) is 40.0 Å². The Morgan fingerprint density at radius 3 is 2.53 bits per heavy atom. The van der Waals surface area contributed by atoms with Crippen molar-refractivity contribution >= 4 is 10.0 Å². The molecular formula is C12H25NO3S. The third kappa shape index (κ3) is 5.36. The molecular weight excluding hydrogens is 238 g/mol. The molecule has 0 saturated heterocycles. The highest BCUT2D eigenvalue weighted by atomic mass is 32.2. The second-order valence-electron chi connectivity index (χ2n) is 5.60. The highest BCUT2D eigenvalue weighted by molar-refractivity contribution is 7.89. The molecule has 0 aromatic heterocycles. The van der Waals surface area contributed by atoms with Gasteiger partial charge in [0, 0.05) is 0 Å². The van der Waals surface area contributed by atoms with Gasteiger partial charge >= 0.3 is 0 Å². The Bertz CT molecular complexity index is 327. The van der Waals surface area contributed by atoms with E-state index in [9.17, 15) is 8.42 Å². The topological polar surface area (TPSA) is 69.4 Å². The van der Waals surface area contributed by atoms with Crippen molar-refractivity contribution < 1.29 is 13.2 Å². The first kappa shape index (κ1) is 14.9. The van der Waals surface area contributed by atoms with Crippen LogP contribution in [0.4, 0.5) is 0 Å². The van der Waals surface area contributed by atoms with Gasteiger partial charge in [-0.15, -0.1) is 0 Å². The second kappa shape index (κ2) is 6.16. The fourth-order valence-corrected chi connectivity index (χ4v) is 2.95. The van der Waals surface area contributed by atoms with Crippen molar-refractivity contribution in [1.82, 2.24) is 0 Å². The van der Waals surface area contributed by atoms with Crippen LogP contribution in [-0.2, 0) is 14.8 Å². The summed E-state index contributed by atoms with van der Waals surface area (Å²) in [5.74, 6) is 1.72. The molecule has 1 aliphatic rings. The summed E-state index contributed by atoms with van der Waals surface area (Å²) < 4.78 is 27.4. The summed E-state index contributed by atoms with van der Waals surface area (Å²) in [4.78, 5) is 0. The lowest BCUT2D eigenvalue weighted by molar-refractivity contribution is -0.0319. The number of primary sulfonamides is 1. The minimum Gasteiger partial charge on any atom is -0.377 e. The van der Waals surface area contributed by atoms with E-state index in [0.29, 0.717) is 17.8 Å². The van der Waals surface area contributed by atoms with Gasteiger partial charge in [-0.25, -0.2) is 13.6 Å². The molecule has 1 aliphatic carbocycles. The summed E-state index contributed by atoms with van der Waals surface area (Å²) in [5, 5.41) is 4.97. The molecule has 0 amide bonds. The van der Waals surface area contributed by atoms with Crippen LogP contribution in [0.15, 0.2) is 0 Å². The molecule has 102 valence electrons. The van der Waals surface area contributed by atoms with Crippen molar-refractivity contribution in [3.8, 4) is 0 Å². The molecule has 3 atom stereocenters. The molecule has 1 rings (SSSR count). The molecule has 0 heterocycles. The fraction of sp³-hybridized carbons (Fsp3) is 1.00. The quantitative estimate of drug-likeness (QED) is 0.821. The molecule has 2 N–H and O–H groups in total. The molecule has 0 aromatic carbocycles. The largest absolute Gasteiger partial charge is 0.377 e.